The first-order valence-corrected chi connectivity index (χ1v) is 5.82. The molecule has 0 bridgehead atoms. The van der Waals surface area contributed by atoms with Crippen LogP contribution >= 0.6 is 11.3 Å². The van der Waals surface area contributed by atoms with Crippen LogP contribution in [-0.4, -0.2) is 21.0 Å². The third-order valence-electron chi connectivity index (χ3n) is 2.52. The third kappa shape index (κ3) is 1.70. The number of aromatic carboxylic acids is 1. The van der Waals surface area contributed by atoms with Crippen molar-refractivity contribution < 1.29 is 9.90 Å². The number of hydrogen-bond acceptors (Lipinski definition) is 3. The quantitative estimate of drug-likeness (QED) is 0.728. The zero-order chi connectivity index (χ0) is 11.8. The van der Waals surface area contributed by atoms with E-state index in [9.17, 15) is 4.79 Å². The van der Waals surface area contributed by atoms with Crippen molar-refractivity contribution in [3.8, 4) is 10.6 Å². The van der Waals surface area contributed by atoms with Crippen LogP contribution in [0.3, 0.4) is 0 Å². The number of rotatable bonds is 2. The number of fused-ring (bicyclic) bond motifs is 1. The number of carboxylic acid groups (broad SMARTS) is 1. The summed E-state index contributed by atoms with van der Waals surface area (Å²) in [7, 11) is 0. The highest BCUT2D eigenvalue weighted by molar-refractivity contribution is 7.16. The Hall–Kier alpha value is -2.14. The molecule has 0 radical (unpaired) electrons. The van der Waals surface area contributed by atoms with Gasteiger partial charge in [-0.25, -0.2) is 9.78 Å². The molecule has 0 saturated carbocycles. The molecular weight excluding hydrogens is 236 g/mol. The Morgan fingerprint density at radius 2 is 2.24 bits per heavy atom. The number of nitrogens with zero attached hydrogens (tertiary/aromatic N) is 1. The molecule has 0 aliphatic carbocycles. The second kappa shape index (κ2) is 3.71. The first-order chi connectivity index (χ1) is 8.24. The van der Waals surface area contributed by atoms with Crippen molar-refractivity contribution in [2.24, 2.45) is 0 Å². The standard InChI is InChI=1S/C12H8N2O2S/c15-12(16)10-6-14-11(17-10)8-1-2-9-7(5-8)3-4-13-9/h1-6,13H,(H,15,16). The largest absolute Gasteiger partial charge is 0.477 e. The van der Waals surface area contributed by atoms with E-state index in [1.165, 1.54) is 17.5 Å². The number of benzene rings is 1. The van der Waals surface area contributed by atoms with Crippen LogP contribution in [0, 0.1) is 0 Å². The molecule has 5 heteroatoms. The molecule has 3 aromatic rings. The van der Waals surface area contributed by atoms with Crippen molar-refractivity contribution in [3.63, 3.8) is 0 Å². The van der Waals surface area contributed by atoms with E-state index in [1.807, 2.05) is 30.5 Å². The maximum absolute atomic E-state index is 10.8. The van der Waals surface area contributed by atoms with E-state index in [1.54, 1.807) is 0 Å². The Morgan fingerprint density at radius 3 is 3.00 bits per heavy atom. The van der Waals surface area contributed by atoms with Crippen molar-refractivity contribution in [1.29, 1.82) is 0 Å². The molecule has 2 N–H and O–H groups in total. The van der Waals surface area contributed by atoms with E-state index in [0.29, 0.717) is 0 Å². The Morgan fingerprint density at radius 1 is 1.35 bits per heavy atom. The lowest BCUT2D eigenvalue weighted by Gasteiger charge is -1.96. The van der Waals surface area contributed by atoms with Crippen molar-refractivity contribution in [2.75, 3.05) is 0 Å². The van der Waals surface area contributed by atoms with E-state index in [-0.39, 0.29) is 4.88 Å². The van der Waals surface area contributed by atoms with Crippen LogP contribution in [0.25, 0.3) is 21.5 Å². The second-order valence-electron chi connectivity index (χ2n) is 3.61. The van der Waals surface area contributed by atoms with Crippen LogP contribution < -0.4 is 0 Å². The number of hydrogen-bond donors (Lipinski definition) is 2. The van der Waals surface area contributed by atoms with Gasteiger partial charge in [-0.15, -0.1) is 11.3 Å². The minimum Gasteiger partial charge on any atom is -0.477 e. The van der Waals surface area contributed by atoms with Crippen LogP contribution in [-0.2, 0) is 0 Å². The van der Waals surface area contributed by atoms with Crippen LogP contribution in [0.5, 0.6) is 0 Å². The van der Waals surface area contributed by atoms with Gasteiger partial charge in [0.15, 0.2) is 0 Å². The molecule has 3 rings (SSSR count). The topological polar surface area (TPSA) is 66.0 Å². The van der Waals surface area contributed by atoms with E-state index in [4.69, 9.17) is 5.11 Å². The summed E-state index contributed by atoms with van der Waals surface area (Å²) in [4.78, 5) is 18.3. The average molecular weight is 244 g/mol. The Kier molecular flexibility index (Phi) is 2.19. The minimum atomic E-state index is -0.934. The number of H-pyrrole nitrogens is 1. The Bertz CT molecular complexity index is 699. The van der Waals surface area contributed by atoms with Gasteiger partial charge in [-0.05, 0) is 24.3 Å². The second-order valence-corrected chi connectivity index (χ2v) is 4.65. The summed E-state index contributed by atoms with van der Waals surface area (Å²) in [5, 5.41) is 10.7. The van der Waals surface area contributed by atoms with Crippen LogP contribution in [0.4, 0.5) is 0 Å². The zero-order valence-electron chi connectivity index (χ0n) is 8.68. The fraction of sp³-hybridized carbons (Fsp3) is 0. The summed E-state index contributed by atoms with van der Waals surface area (Å²) in [5.74, 6) is -0.934. The number of aromatic nitrogens is 2. The molecular formula is C12H8N2O2S. The molecule has 0 aliphatic rings. The maximum atomic E-state index is 10.8. The molecule has 0 aliphatic heterocycles. The smallest absolute Gasteiger partial charge is 0.347 e. The van der Waals surface area contributed by atoms with Gasteiger partial charge in [0, 0.05) is 22.7 Å². The lowest BCUT2D eigenvalue weighted by molar-refractivity contribution is 0.0702. The molecule has 0 unspecified atom stereocenters. The number of nitrogens with one attached hydrogen (secondary N) is 1. The number of carbonyl (C=O) groups is 1. The van der Waals surface area contributed by atoms with Gasteiger partial charge < -0.3 is 10.1 Å². The Labute approximate surface area is 101 Å². The highest BCUT2D eigenvalue weighted by Crippen LogP contribution is 2.27. The summed E-state index contributed by atoms with van der Waals surface area (Å²) >= 11 is 1.18. The first kappa shape index (κ1) is 10.0. The summed E-state index contributed by atoms with van der Waals surface area (Å²) < 4.78 is 0. The van der Waals surface area contributed by atoms with Gasteiger partial charge in [-0.1, -0.05) is 0 Å². The summed E-state index contributed by atoms with van der Waals surface area (Å²) in [6, 6.07) is 7.87. The van der Waals surface area contributed by atoms with Gasteiger partial charge in [-0.3, -0.25) is 0 Å². The average Bonchev–Trinajstić information content (AvgIpc) is 2.97. The third-order valence-corrected chi connectivity index (χ3v) is 3.55. The monoisotopic (exact) mass is 244 g/mol. The van der Waals surface area contributed by atoms with Crippen molar-refractivity contribution >= 4 is 28.2 Å². The van der Waals surface area contributed by atoms with E-state index in [2.05, 4.69) is 9.97 Å². The lowest BCUT2D eigenvalue weighted by Crippen LogP contribution is -1.89. The van der Waals surface area contributed by atoms with E-state index in [0.717, 1.165) is 21.5 Å². The molecule has 0 fully saturated rings. The van der Waals surface area contributed by atoms with Gasteiger partial charge in [-0.2, -0.15) is 0 Å². The summed E-state index contributed by atoms with van der Waals surface area (Å²) in [5.41, 5.74) is 2.00. The van der Waals surface area contributed by atoms with Gasteiger partial charge in [0.2, 0.25) is 0 Å². The molecule has 17 heavy (non-hydrogen) atoms. The molecule has 1 aromatic carbocycles. The van der Waals surface area contributed by atoms with Gasteiger partial charge >= 0.3 is 5.97 Å². The minimum absolute atomic E-state index is 0.258. The van der Waals surface area contributed by atoms with Crippen LogP contribution in [0.1, 0.15) is 9.67 Å². The molecule has 0 amide bonds. The summed E-state index contributed by atoms with van der Waals surface area (Å²) in [6.07, 6.45) is 3.27. The first-order valence-electron chi connectivity index (χ1n) is 5.01. The lowest BCUT2D eigenvalue weighted by atomic mass is 10.2. The fourth-order valence-corrected chi connectivity index (χ4v) is 2.44. The van der Waals surface area contributed by atoms with Crippen LogP contribution in [0.2, 0.25) is 0 Å². The van der Waals surface area contributed by atoms with E-state index >= 15 is 0 Å². The van der Waals surface area contributed by atoms with Gasteiger partial charge in [0.1, 0.15) is 9.88 Å². The number of carboxylic acids is 1. The molecule has 84 valence electrons. The highest BCUT2D eigenvalue weighted by Gasteiger charge is 2.10. The SMILES string of the molecule is O=C(O)c1cnc(-c2ccc3[nH]ccc3c2)s1. The highest BCUT2D eigenvalue weighted by atomic mass is 32.1. The molecule has 4 nitrogen and oxygen atoms in total. The molecule has 2 heterocycles. The normalized spacial score (nSPS) is 10.8. The number of aromatic amines is 1. The van der Waals surface area contributed by atoms with Gasteiger partial charge in [0.05, 0.1) is 6.20 Å². The fourth-order valence-electron chi connectivity index (χ4n) is 1.69. The van der Waals surface area contributed by atoms with E-state index < -0.39 is 5.97 Å². The predicted octanol–water partition coefficient (Wildman–Crippen LogP) is 2.99. The molecule has 0 spiro atoms. The maximum Gasteiger partial charge on any atom is 0.347 e. The molecule has 0 saturated heterocycles. The molecule has 2 aromatic heterocycles. The summed E-state index contributed by atoms with van der Waals surface area (Å²) in [6.45, 7) is 0. The van der Waals surface area contributed by atoms with Gasteiger partial charge in [0.25, 0.3) is 0 Å². The Balaban J connectivity index is 2.09. The van der Waals surface area contributed by atoms with Crippen molar-refractivity contribution in [3.05, 3.63) is 41.5 Å². The van der Waals surface area contributed by atoms with Crippen LogP contribution in [0.15, 0.2) is 36.7 Å². The van der Waals surface area contributed by atoms with Crippen molar-refractivity contribution in [1.82, 2.24) is 9.97 Å². The zero-order valence-corrected chi connectivity index (χ0v) is 9.49. The predicted molar refractivity (Wildman–Crippen MR) is 66.4 cm³/mol. The van der Waals surface area contributed by atoms with Crippen molar-refractivity contribution in [2.45, 2.75) is 0 Å². The molecule has 0 atom stereocenters. The number of thiazole rings is 1.